The van der Waals surface area contributed by atoms with E-state index in [9.17, 15) is 17.2 Å². The van der Waals surface area contributed by atoms with Crippen molar-refractivity contribution in [2.45, 2.75) is 4.90 Å². The average molecular weight is 270 g/mol. The van der Waals surface area contributed by atoms with Crippen LogP contribution in [0, 0.1) is 11.6 Å². The molecule has 3 nitrogen and oxygen atoms in total. The Balaban J connectivity index is 2.44. The van der Waals surface area contributed by atoms with Gasteiger partial charge in [-0.25, -0.2) is 8.78 Å². The molecule has 18 heavy (non-hydrogen) atoms. The van der Waals surface area contributed by atoms with Gasteiger partial charge in [0.1, 0.15) is 17.4 Å². The van der Waals surface area contributed by atoms with E-state index in [-0.39, 0.29) is 5.75 Å². The Morgan fingerprint density at radius 2 is 1.39 bits per heavy atom. The van der Waals surface area contributed by atoms with E-state index in [1.165, 1.54) is 12.1 Å². The third-order valence-corrected chi connectivity index (χ3v) is 3.42. The maximum atomic E-state index is 13.3. The van der Waals surface area contributed by atoms with Crippen LogP contribution in [0.25, 0.3) is 0 Å². The molecule has 0 unspecified atom stereocenters. The van der Waals surface area contributed by atoms with Gasteiger partial charge < -0.3 is 4.18 Å². The fraction of sp³-hybridized carbons (Fsp3) is 0. The monoisotopic (exact) mass is 270 g/mol. The van der Waals surface area contributed by atoms with Crippen molar-refractivity contribution in [3.8, 4) is 5.75 Å². The van der Waals surface area contributed by atoms with Crippen molar-refractivity contribution in [2.24, 2.45) is 0 Å². The molecule has 0 N–H and O–H groups in total. The van der Waals surface area contributed by atoms with E-state index < -0.39 is 26.6 Å². The molecule has 0 fully saturated rings. The van der Waals surface area contributed by atoms with E-state index in [1.54, 1.807) is 18.2 Å². The summed E-state index contributed by atoms with van der Waals surface area (Å²) < 4.78 is 54.8. The first-order valence-corrected chi connectivity index (χ1v) is 6.35. The second kappa shape index (κ2) is 4.73. The average Bonchev–Trinajstić information content (AvgIpc) is 2.28. The van der Waals surface area contributed by atoms with Gasteiger partial charge in [0.2, 0.25) is 0 Å². The SMILES string of the molecule is O=S(=O)(Oc1ccccc1)c1c(F)cccc1F. The molecule has 0 bridgehead atoms. The summed E-state index contributed by atoms with van der Waals surface area (Å²) in [7, 11) is -4.52. The van der Waals surface area contributed by atoms with E-state index in [1.807, 2.05) is 0 Å². The summed E-state index contributed by atoms with van der Waals surface area (Å²) in [4.78, 5) is -1.09. The summed E-state index contributed by atoms with van der Waals surface area (Å²) in [6.07, 6.45) is 0. The van der Waals surface area contributed by atoms with Crippen molar-refractivity contribution in [1.82, 2.24) is 0 Å². The van der Waals surface area contributed by atoms with Gasteiger partial charge in [-0.05, 0) is 24.3 Å². The predicted molar refractivity (Wildman–Crippen MR) is 60.6 cm³/mol. The van der Waals surface area contributed by atoms with Gasteiger partial charge in [0, 0.05) is 0 Å². The minimum Gasteiger partial charge on any atom is -0.379 e. The number of halogens is 2. The summed E-state index contributed by atoms with van der Waals surface area (Å²) in [5.74, 6) is -2.39. The lowest BCUT2D eigenvalue weighted by atomic mass is 10.3. The predicted octanol–water partition coefficient (Wildman–Crippen LogP) is 2.73. The second-order valence-corrected chi connectivity index (χ2v) is 4.88. The molecule has 94 valence electrons. The normalized spacial score (nSPS) is 11.2. The molecule has 0 heterocycles. The van der Waals surface area contributed by atoms with Crippen LogP contribution in [0.1, 0.15) is 0 Å². The van der Waals surface area contributed by atoms with E-state index in [2.05, 4.69) is 4.18 Å². The highest BCUT2D eigenvalue weighted by Gasteiger charge is 2.25. The molecular weight excluding hydrogens is 262 g/mol. The second-order valence-electron chi connectivity index (χ2n) is 3.40. The zero-order valence-electron chi connectivity index (χ0n) is 9.01. The lowest BCUT2D eigenvalue weighted by molar-refractivity contribution is 0.460. The minimum atomic E-state index is -4.52. The van der Waals surface area contributed by atoms with Crippen LogP contribution in [0.4, 0.5) is 8.78 Å². The van der Waals surface area contributed by atoms with Gasteiger partial charge in [0.25, 0.3) is 0 Å². The first kappa shape index (κ1) is 12.5. The zero-order valence-corrected chi connectivity index (χ0v) is 9.82. The summed E-state index contributed by atoms with van der Waals surface area (Å²) in [6, 6.07) is 10.3. The molecule has 0 aliphatic rings. The Kier molecular flexibility index (Phi) is 3.29. The summed E-state index contributed by atoms with van der Waals surface area (Å²) in [5.41, 5.74) is 0. The number of para-hydroxylation sites is 1. The lowest BCUT2D eigenvalue weighted by Gasteiger charge is -2.08. The van der Waals surface area contributed by atoms with Gasteiger partial charge in [-0.3, -0.25) is 0 Å². The van der Waals surface area contributed by atoms with Crippen molar-refractivity contribution in [3.05, 3.63) is 60.2 Å². The fourth-order valence-electron chi connectivity index (χ4n) is 1.37. The third kappa shape index (κ3) is 2.48. The van der Waals surface area contributed by atoms with Gasteiger partial charge in [-0.2, -0.15) is 8.42 Å². The van der Waals surface area contributed by atoms with Crippen LogP contribution < -0.4 is 4.18 Å². The number of hydrogen-bond acceptors (Lipinski definition) is 3. The van der Waals surface area contributed by atoms with Gasteiger partial charge in [0.05, 0.1) is 0 Å². The maximum absolute atomic E-state index is 13.3. The molecule has 0 aromatic heterocycles. The molecule has 6 heteroatoms. The van der Waals surface area contributed by atoms with Crippen LogP contribution in [0.2, 0.25) is 0 Å². The Morgan fingerprint density at radius 1 is 0.833 bits per heavy atom. The summed E-state index contributed by atoms with van der Waals surface area (Å²) >= 11 is 0. The molecule has 2 aromatic carbocycles. The van der Waals surface area contributed by atoms with Crippen molar-refractivity contribution in [3.63, 3.8) is 0 Å². The first-order chi connectivity index (χ1) is 8.50. The Hall–Kier alpha value is -1.95. The van der Waals surface area contributed by atoms with Crippen LogP contribution in [-0.4, -0.2) is 8.42 Å². The molecule has 2 rings (SSSR count). The van der Waals surface area contributed by atoms with E-state index in [0.29, 0.717) is 0 Å². The zero-order chi connectivity index (χ0) is 13.2. The van der Waals surface area contributed by atoms with E-state index in [0.717, 1.165) is 18.2 Å². The van der Waals surface area contributed by atoms with E-state index in [4.69, 9.17) is 0 Å². The molecule has 0 aliphatic carbocycles. The van der Waals surface area contributed by atoms with Crippen LogP contribution in [0.15, 0.2) is 53.4 Å². The van der Waals surface area contributed by atoms with Crippen molar-refractivity contribution in [2.75, 3.05) is 0 Å². The van der Waals surface area contributed by atoms with Gasteiger partial charge in [-0.15, -0.1) is 0 Å². The molecular formula is C12H8F2O3S. The Morgan fingerprint density at radius 3 is 1.94 bits per heavy atom. The summed E-state index contributed by atoms with van der Waals surface area (Å²) in [6.45, 7) is 0. The van der Waals surface area contributed by atoms with Crippen LogP contribution in [-0.2, 0) is 10.1 Å². The quantitative estimate of drug-likeness (QED) is 0.805. The standard InChI is InChI=1S/C12H8F2O3S/c13-10-7-4-8-11(14)12(10)18(15,16)17-9-5-2-1-3-6-9/h1-8H. The molecule has 0 saturated heterocycles. The highest BCUT2D eigenvalue weighted by Crippen LogP contribution is 2.22. The summed E-state index contributed by atoms with van der Waals surface area (Å²) in [5, 5.41) is 0. The third-order valence-electron chi connectivity index (χ3n) is 2.12. The molecule has 0 aliphatic heterocycles. The van der Waals surface area contributed by atoms with Crippen molar-refractivity contribution < 1.29 is 21.4 Å². The maximum Gasteiger partial charge on any atom is 0.345 e. The number of hydrogen-bond donors (Lipinski definition) is 0. The molecule has 2 aromatic rings. The molecule has 0 amide bonds. The van der Waals surface area contributed by atoms with Crippen molar-refractivity contribution >= 4 is 10.1 Å². The van der Waals surface area contributed by atoms with Crippen LogP contribution in [0.3, 0.4) is 0 Å². The topological polar surface area (TPSA) is 43.4 Å². The molecule has 0 radical (unpaired) electrons. The Labute approximate surface area is 103 Å². The van der Waals surface area contributed by atoms with Gasteiger partial charge in [-0.1, -0.05) is 24.3 Å². The molecule has 0 spiro atoms. The molecule has 0 atom stereocenters. The highest BCUT2D eigenvalue weighted by atomic mass is 32.2. The minimum absolute atomic E-state index is 0.0137. The van der Waals surface area contributed by atoms with E-state index >= 15 is 0 Å². The largest absolute Gasteiger partial charge is 0.379 e. The fourth-order valence-corrected chi connectivity index (χ4v) is 2.43. The van der Waals surface area contributed by atoms with Gasteiger partial charge >= 0.3 is 10.1 Å². The smallest absolute Gasteiger partial charge is 0.345 e. The van der Waals surface area contributed by atoms with Crippen LogP contribution in [0.5, 0.6) is 5.75 Å². The van der Waals surface area contributed by atoms with Crippen molar-refractivity contribution in [1.29, 1.82) is 0 Å². The van der Waals surface area contributed by atoms with Gasteiger partial charge in [0.15, 0.2) is 4.90 Å². The first-order valence-electron chi connectivity index (χ1n) is 4.94. The number of benzene rings is 2. The Bertz CT molecular complexity index is 634. The lowest BCUT2D eigenvalue weighted by Crippen LogP contribution is -2.13. The van der Waals surface area contributed by atoms with Crippen LogP contribution >= 0.6 is 0 Å². The highest BCUT2D eigenvalue weighted by molar-refractivity contribution is 7.87. The molecule has 0 saturated carbocycles. The number of rotatable bonds is 3.